The molecule has 0 unspecified atom stereocenters. The molecule has 2 aromatic heterocycles. The molecule has 4 rings (SSSR count). The number of hydrogen-bond donors (Lipinski definition) is 1. The highest BCUT2D eigenvalue weighted by Crippen LogP contribution is 2.29. The number of hydrogen-bond acceptors (Lipinski definition) is 2. The normalized spacial score (nSPS) is 11.2. The summed E-state index contributed by atoms with van der Waals surface area (Å²) in [7, 11) is 0. The first-order valence-corrected chi connectivity index (χ1v) is 7.39. The fraction of sp³-hybridized carbons (Fsp3) is 0.0556. The van der Waals surface area contributed by atoms with Crippen LogP contribution in [-0.2, 0) is 0 Å². The van der Waals surface area contributed by atoms with Gasteiger partial charge in [0.1, 0.15) is 5.76 Å². The summed E-state index contributed by atoms with van der Waals surface area (Å²) < 4.78 is 5.92. The molecule has 0 aliphatic carbocycles. The zero-order valence-electron chi connectivity index (χ0n) is 11.9. The minimum Gasteiger partial charge on any atom is -0.453 e. The van der Waals surface area contributed by atoms with Gasteiger partial charge in [0.25, 0.3) is 0 Å². The van der Waals surface area contributed by atoms with Crippen LogP contribution in [0.1, 0.15) is 5.56 Å². The Morgan fingerprint density at radius 1 is 1.00 bits per heavy atom. The van der Waals surface area contributed by atoms with Crippen LogP contribution in [0, 0.1) is 6.92 Å². The van der Waals surface area contributed by atoms with Gasteiger partial charge in [0, 0.05) is 10.6 Å². The number of rotatable bonds is 2. The number of furan rings is 1. The molecule has 0 aliphatic heterocycles. The first-order valence-electron chi connectivity index (χ1n) is 7.01. The van der Waals surface area contributed by atoms with Gasteiger partial charge in [-0.3, -0.25) is 0 Å². The molecular weight excluding hydrogens is 296 g/mol. The van der Waals surface area contributed by atoms with Gasteiger partial charge in [-0.15, -0.1) is 0 Å². The van der Waals surface area contributed by atoms with E-state index >= 15 is 0 Å². The second-order valence-corrected chi connectivity index (χ2v) is 5.72. The van der Waals surface area contributed by atoms with Crippen molar-refractivity contribution in [3.63, 3.8) is 0 Å². The van der Waals surface area contributed by atoms with Gasteiger partial charge >= 0.3 is 0 Å². The summed E-state index contributed by atoms with van der Waals surface area (Å²) in [6.07, 6.45) is 0. The van der Waals surface area contributed by atoms with Crippen molar-refractivity contribution >= 4 is 22.6 Å². The van der Waals surface area contributed by atoms with Crippen LogP contribution in [0.5, 0.6) is 0 Å². The molecule has 0 atom stereocenters. The number of nitrogens with one attached hydrogen (secondary N) is 1. The average Bonchev–Trinajstić information content (AvgIpc) is 3.13. The third kappa shape index (κ3) is 2.30. The highest BCUT2D eigenvalue weighted by Gasteiger charge is 2.11. The molecule has 108 valence electrons. The summed E-state index contributed by atoms with van der Waals surface area (Å²) in [6.45, 7) is 2.06. The standard InChI is InChI=1S/C18H13ClN2O/c1-11-5-6-14-15(9-11)21-18(20-14)17-8-7-16(22-17)12-3-2-4-13(19)10-12/h2-10H,1H3,(H,20,21). The predicted molar refractivity (Wildman–Crippen MR) is 89.0 cm³/mol. The fourth-order valence-electron chi connectivity index (χ4n) is 2.50. The molecule has 0 saturated carbocycles. The van der Waals surface area contributed by atoms with Gasteiger partial charge in [0.2, 0.25) is 0 Å². The molecule has 2 heterocycles. The van der Waals surface area contributed by atoms with E-state index in [1.807, 2.05) is 48.5 Å². The highest BCUT2D eigenvalue weighted by molar-refractivity contribution is 6.30. The molecule has 0 amide bonds. The smallest absolute Gasteiger partial charge is 0.174 e. The van der Waals surface area contributed by atoms with Crippen LogP contribution in [-0.4, -0.2) is 9.97 Å². The number of benzene rings is 2. The largest absolute Gasteiger partial charge is 0.453 e. The molecule has 4 aromatic rings. The SMILES string of the molecule is Cc1ccc2nc(-c3ccc(-c4cccc(Cl)c4)o3)[nH]c2c1. The summed E-state index contributed by atoms with van der Waals surface area (Å²) in [5.74, 6) is 2.21. The minimum atomic E-state index is 0.690. The fourth-order valence-corrected chi connectivity index (χ4v) is 2.69. The van der Waals surface area contributed by atoms with Crippen LogP contribution in [0.15, 0.2) is 59.0 Å². The Morgan fingerprint density at radius 3 is 2.73 bits per heavy atom. The first kappa shape index (κ1) is 13.2. The van der Waals surface area contributed by atoms with E-state index in [9.17, 15) is 0 Å². The van der Waals surface area contributed by atoms with Crippen molar-refractivity contribution in [3.8, 4) is 22.9 Å². The zero-order valence-corrected chi connectivity index (χ0v) is 12.7. The molecule has 1 N–H and O–H groups in total. The summed E-state index contributed by atoms with van der Waals surface area (Å²) >= 11 is 6.03. The number of nitrogens with zero attached hydrogens (tertiary/aromatic N) is 1. The van der Waals surface area contributed by atoms with Crippen molar-refractivity contribution in [3.05, 3.63) is 65.2 Å². The lowest BCUT2D eigenvalue weighted by atomic mass is 10.2. The number of aromatic amines is 1. The first-order chi connectivity index (χ1) is 10.7. The molecule has 0 bridgehead atoms. The van der Waals surface area contributed by atoms with Crippen molar-refractivity contribution in [2.45, 2.75) is 6.92 Å². The van der Waals surface area contributed by atoms with Crippen LogP contribution in [0.2, 0.25) is 5.02 Å². The minimum absolute atomic E-state index is 0.690. The van der Waals surface area contributed by atoms with Gasteiger partial charge in [-0.05, 0) is 48.9 Å². The second-order valence-electron chi connectivity index (χ2n) is 5.28. The van der Waals surface area contributed by atoms with Crippen LogP contribution in [0.4, 0.5) is 0 Å². The number of halogens is 1. The van der Waals surface area contributed by atoms with E-state index in [1.54, 1.807) is 0 Å². The lowest BCUT2D eigenvalue weighted by Crippen LogP contribution is -1.76. The van der Waals surface area contributed by atoms with Crippen LogP contribution < -0.4 is 0 Å². The Hall–Kier alpha value is -2.52. The van der Waals surface area contributed by atoms with Gasteiger partial charge in [-0.25, -0.2) is 4.98 Å². The highest BCUT2D eigenvalue weighted by atomic mass is 35.5. The van der Waals surface area contributed by atoms with E-state index in [-0.39, 0.29) is 0 Å². The number of imidazole rings is 1. The lowest BCUT2D eigenvalue weighted by molar-refractivity contribution is 0.593. The third-order valence-electron chi connectivity index (χ3n) is 3.59. The molecule has 4 heteroatoms. The molecule has 3 nitrogen and oxygen atoms in total. The number of fused-ring (bicyclic) bond motifs is 1. The van der Waals surface area contributed by atoms with Crippen molar-refractivity contribution in [1.29, 1.82) is 0 Å². The monoisotopic (exact) mass is 308 g/mol. The van der Waals surface area contributed by atoms with E-state index < -0.39 is 0 Å². The molecule has 0 fully saturated rings. The van der Waals surface area contributed by atoms with E-state index in [0.29, 0.717) is 10.8 Å². The predicted octanol–water partition coefficient (Wildman–Crippen LogP) is 5.45. The Kier molecular flexibility index (Phi) is 3.01. The number of H-pyrrole nitrogens is 1. The quantitative estimate of drug-likeness (QED) is 0.535. The Morgan fingerprint density at radius 2 is 1.86 bits per heavy atom. The lowest BCUT2D eigenvalue weighted by Gasteiger charge is -1.97. The molecular formula is C18H13ClN2O. The van der Waals surface area contributed by atoms with Gasteiger partial charge < -0.3 is 9.40 Å². The van der Waals surface area contributed by atoms with Crippen LogP contribution in [0.3, 0.4) is 0 Å². The van der Waals surface area contributed by atoms with Crippen LogP contribution >= 0.6 is 11.6 Å². The van der Waals surface area contributed by atoms with Gasteiger partial charge in [-0.2, -0.15) is 0 Å². The molecule has 0 aliphatic rings. The van der Waals surface area contributed by atoms with Gasteiger partial charge in [0.05, 0.1) is 11.0 Å². The number of aromatic nitrogens is 2. The Labute approximate surface area is 132 Å². The molecule has 0 saturated heterocycles. The summed E-state index contributed by atoms with van der Waals surface area (Å²) in [4.78, 5) is 7.87. The average molecular weight is 309 g/mol. The summed E-state index contributed by atoms with van der Waals surface area (Å²) in [5.41, 5.74) is 4.09. The molecule has 0 radical (unpaired) electrons. The Balaban J connectivity index is 1.76. The summed E-state index contributed by atoms with van der Waals surface area (Å²) in [5, 5.41) is 0.690. The van der Waals surface area contributed by atoms with E-state index in [2.05, 4.69) is 23.0 Å². The van der Waals surface area contributed by atoms with E-state index in [4.69, 9.17) is 16.0 Å². The molecule has 22 heavy (non-hydrogen) atoms. The third-order valence-corrected chi connectivity index (χ3v) is 3.82. The van der Waals surface area contributed by atoms with Gasteiger partial charge in [0.15, 0.2) is 11.6 Å². The molecule has 2 aromatic carbocycles. The van der Waals surface area contributed by atoms with Crippen molar-refractivity contribution in [2.24, 2.45) is 0 Å². The number of aryl methyl sites for hydroxylation is 1. The summed E-state index contributed by atoms with van der Waals surface area (Å²) in [6, 6.07) is 17.6. The molecule has 0 spiro atoms. The zero-order chi connectivity index (χ0) is 15.1. The maximum absolute atomic E-state index is 6.03. The maximum atomic E-state index is 6.03. The van der Waals surface area contributed by atoms with E-state index in [1.165, 1.54) is 5.56 Å². The van der Waals surface area contributed by atoms with Gasteiger partial charge in [-0.1, -0.05) is 29.8 Å². The second kappa shape index (κ2) is 5.04. The van der Waals surface area contributed by atoms with Crippen molar-refractivity contribution < 1.29 is 4.42 Å². The van der Waals surface area contributed by atoms with E-state index in [0.717, 1.165) is 28.2 Å². The van der Waals surface area contributed by atoms with Crippen LogP contribution in [0.25, 0.3) is 33.9 Å². The Bertz CT molecular complexity index is 968. The van der Waals surface area contributed by atoms with Crippen molar-refractivity contribution in [2.75, 3.05) is 0 Å². The topological polar surface area (TPSA) is 41.8 Å². The maximum Gasteiger partial charge on any atom is 0.174 e. The van der Waals surface area contributed by atoms with Crippen molar-refractivity contribution in [1.82, 2.24) is 9.97 Å².